The number of halogens is 2. The molecule has 0 saturated carbocycles. The number of aromatic nitrogens is 2. The third kappa shape index (κ3) is 2.03. The van der Waals surface area contributed by atoms with Gasteiger partial charge in [-0.2, -0.15) is 0 Å². The van der Waals surface area contributed by atoms with Gasteiger partial charge in [0.25, 0.3) is 0 Å². The van der Waals surface area contributed by atoms with Crippen molar-refractivity contribution in [2.45, 2.75) is 0 Å². The van der Waals surface area contributed by atoms with E-state index in [1.165, 1.54) is 31.5 Å². The lowest BCUT2D eigenvalue weighted by Gasteiger charge is -2.02. The van der Waals surface area contributed by atoms with Crippen molar-refractivity contribution in [1.29, 1.82) is 0 Å². The average molecular weight is 260 g/mol. The van der Waals surface area contributed by atoms with E-state index in [1.54, 1.807) is 22.7 Å². The molecule has 0 fully saturated rings. The van der Waals surface area contributed by atoms with E-state index >= 15 is 0 Å². The molecule has 0 spiro atoms. The van der Waals surface area contributed by atoms with E-state index in [2.05, 4.69) is 4.98 Å². The summed E-state index contributed by atoms with van der Waals surface area (Å²) in [5.74, 6) is -0.626. The topological polar surface area (TPSA) is 26.5 Å². The molecular weight excluding hydrogens is 250 g/mol. The molecule has 2 aromatic heterocycles. The first kappa shape index (κ1) is 11.6. The Morgan fingerprint density at radius 2 is 1.95 bits per heavy atom. The Morgan fingerprint density at radius 1 is 1.11 bits per heavy atom. The molecule has 0 aliphatic heterocycles. The van der Waals surface area contributed by atoms with Gasteiger partial charge in [0.1, 0.15) is 11.5 Å². The quantitative estimate of drug-likeness (QED) is 0.706. The summed E-state index contributed by atoms with van der Waals surface area (Å²) in [6.07, 6.45) is 2.98. The van der Waals surface area contributed by atoms with Crippen LogP contribution < -0.4 is 4.74 Å². The van der Waals surface area contributed by atoms with Gasteiger partial charge >= 0.3 is 0 Å². The fraction of sp³-hybridized carbons (Fsp3) is 0.0714. The van der Waals surface area contributed by atoms with Gasteiger partial charge in [-0.1, -0.05) is 0 Å². The lowest BCUT2D eigenvalue weighted by Crippen LogP contribution is -1.88. The molecule has 3 rings (SSSR count). The molecular formula is C14H10F2N2O. The summed E-state index contributed by atoms with van der Waals surface area (Å²) in [5.41, 5.74) is 1.79. The Balaban J connectivity index is 2.11. The first-order chi connectivity index (χ1) is 9.17. The number of nitrogens with zero attached hydrogens (tertiary/aromatic N) is 2. The van der Waals surface area contributed by atoms with Gasteiger partial charge in [0.05, 0.1) is 12.8 Å². The van der Waals surface area contributed by atoms with Crippen LogP contribution in [0.5, 0.6) is 5.75 Å². The van der Waals surface area contributed by atoms with E-state index in [0.717, 1.165) is 0 Å². The van der Waals surface area contributed by atoms with E-state index in [-0.39, 0.29) is 11.6 Å². The fourth-order valence-corrected chi connectivity index (χ4v) is 1.93. The highest BCUT2D eigenvalue weighted by molar-refractivity contribution is 5.63. The summed E-state index contributed by atoms with van der Waals surface area (Å²) in [6.45, 7) is 0. The van der Waals surface area contributed by atoms with Crippen LogP contribution in [0.15, 0.2) is 42.7 Å². The number of hydrogen-bond acceptors (Lipinski definition) is 2. The lowest BCUT2D eigenvalue weighted by atomic mass is 10.1. The van der Waals surface area contributed by atoms with Crippen molar-refractivity contribution in [2.24, 2.45) is 0 Å². The van der Waals surface area contributed by atoms with E-state index in [9.17, 15) is 8.78 Å². The highest BCUT2D eigenvalue weighted by Crippen LogP contribution is 2.25. The summed E-state index contributed by atoms with van der Waals surface area (Å²) in [4.78, 5) is 4.31. The number of ether oxygens (including phenoxy) is 1. The maximum atomic E-state index is 13.6. The Kier molecular flexibility index (Phi) is 2.67. The maximum absolute atomic E-state index is 13.6. The van der Waals surface area contributed by atoms with Crippen LogP contribution in [0.1, 0.15) is 0 Å². The maximum Gasteiger partial charge on any atom is 0.165 e. The molecule has 0 N–H and O–H groups in total. The molecule has 0 aliphatic carbocycles. The second-order valence-corrected chi connectivity index (χ2v) is 4.09. The zero-order chi connectivity index (χ0) is 13.4. The third-order valence-corrected chi connectivity index (χ3v) is 2.86. The van der Waals surface area contributed by atoms with Gasteiger partial charge < -0.3 is 9.14 Å². The normalized spacial score (nSPS) is 10.9. The minimum absolute atomic E-state index is 0.179. The SMILES string of the molecule is COc1ccc(-c2cn3cc(F)ccc3n2)cc1F. The minimum atomic E-state index is -0.455. The number of benzene rings is 1. The fourth-order valence-electron chi connectivity index (χ4n) is 1.93. The molecule has 1 aromatic carbocycles. The average Bonchev–Trinajstić information content (AvgIpc) is 2.81. The predicted molar refractivity (Wildman–Crippen MR) is 67.1 cm³/mol. The third-order valence-electron chi connectivity index (χ3n) is 2.86. The highest BCUT2D eigenvalue weighted by atomic mass is 19.1. The van der Waals surface area contributed by atoms with Crippen LogP contribution in [0.4, 0.5) is 8.78 Å². The molecule has 0 saturated heterocycles. The summed E-state index contributed by atoms with van der Waals surface area (Å²) >= 11 is 0. The largest absolute Gasteiger partial charge is 0.494 e. The van der Waals surface area contributed by atoms with E-state index < -0.39 is 5.82 Å². The van der Waals surface area contributed by atoms with Crippen LogP contribution in [-0.4, -0.2) is 16.5 Å². The monoisotopic (exact) mass is 260 g/mol. The number of fused-ring (bicyclic) bond motifs is 1. The molecule has 96 valence electrons. The highest BCUT2D eigenvalue weighted by Gasteiger charge is 2.08. The second-order valence-electron chi connectivity index (χ2n) is 4.09. The summed E-state index contributed by atoms with van der Waals surface area (Å²) < 4.78 is 33.1. The molecule has 0 unspecified atom stereocenters. The smallest absolute Gasteiger partial charge is 0.165 e. The van der Waals surface area contributed by atoms with Gasteiger partial charge in [0.2, 0.25) is 0 Å². The Bertz CT molecular complexity index is 752. The Hall–Kier alpha value is -2.43. The molecule has 0 bridgehead atoms. The predicted octanol–water partition coefficient (Wildman–Crippen LogP) is 3.29. The van der Waals surface area contributed by atoms with Gasteiger partial charge in [-0.05, 0) is 30.3 Å². The van der Waals surface area contributed by atoms with Crippen molar-refractivity contribution in [3.8, 4) is 17.0 Å². The first-order valence-corrected chi connectivity index (χ1v) is 5.65. The standard InChI is InChI=1S/C14H10F2N2O/c1-19-13-4-2-9(6-11(13)16)12-8-18-7-10(15)3-5-14(18)17-12/h2-8H,1H3. The molecule has 5 heteroatoms. The number of imidazole rings is 1. The van der Waals surface area contributed by atoms with Crippen molar-refractivity contribution in [1.82, 2.24) is 9.38 Å². The molecule has 0 amide bonds. The van der Waals surface area contributed by atoms with Gasteiger partial charge in [-0.15, -0.1) is 0 Å². The molecule has 0 radical (unpaired) electrons. The molecule has 19 heavy (non-hydrogen) atoms. The number of hydrogen-bond donors (Lipinski definition) is 0. The van der Waals surface area contributed by atoms with Crippen LogP contribution in [0.25, 0.3) is 16.9 Å². The van der Waals surface area contributed by atoms with E-state index in [4.69, 9.17) is 4.74 Å². The molecule has 3 nitrogen and oxygen atoms in total. The van der Waals surface area contributed by atoms with Crippen molar-refractivity contribution in [3.05, 3.63) is 54.4 Å². The van der Waals surface area contributed by atoms with Crippen LogP contribution in [0.2, 0.25) is 0 Å². The van der Waals surface area contributed by atoms with Crippen LogP contribution in [0.3, 0.4) is 0 Å². The van der Waals surface area contributed by atoms with Crippen LogP contribution in [0, 0.1) is 11.6 Å². The molecule has 2 heterocycles. The van der Waals surface area contributed by atoms with Gasteiger partial charge in [-0.3, -0.25) is 0 Å². The van der Waals surface area contributed by atoms with Gasteiger partial charge in [-0.25, -0.2) is 13.8 Å². The van der Waals surface area contributed by atoms with Crippen LogP contribution in [-0.2, 0) is 0 Å². The Labute approximate surface area is 108 Å². The molecule has 0 atom stereocenters. The number of pyridine rings is 1. The second kappa shape index (κ2) is 4.35. The van der Waals surface area contributed by atoms with E-state index in [1.807, 2.05) is 0 Å². The zero-order valence-corrected chi connectivity index (χ0v) is 10.1. The van der Waals surface area contributed by atoms with Crippen LogP contribution >= 0.6 is 0 Å². The first-order valence-electron chi connectivity index (χ1n) is 5.65. The van der Waals surface area contributed by atoms with E-state index in [0.29, 0.717) is 16.9 Å². The van der Waals surface area contributed by atoms with Crippen molar-refractivity contribution < 1.29 is 13.5 Å². The summed E-state index contributed by atoms with van der Waals surface area (Å²) in [6, 6.07) is 7.49. The minimum Gasteiger partial charge on any atom is -0.494 e. The summed E-state index contributed by atoms with van der Waals surface area (Å²) in [5, 5.41) is 0. The van der Waals surface area contributed by atoms with Crippen molar-refractivity contribution >= 4 is 5.65 Å². The number of rotatable bonds is 2. The molecule has 0 aliphatic rings. The van der Waals surface area contributed by atoms with Gasteiger partial charge in [0.15, 0.2) is 11.6 Å². The van der Waals surface area contributed by atoms with Crippen molar-refractivity contribution in [2.75, 3.05) is 7.11 Å². The van der Waals surface area contributed by atoms with Gasteiger partial charge in [0, 0.05) is 18.0 Å². The Morgan fingerprint density at radius 3 is 2.68 bits per heavy atom. The number of methoxy groups -OCH3 is 1. The summed E-state index contributed by atoms with van der Waals surface area (Å²) in [7, 11) is 1.41. The zero-order valence-electron chi connectivity index (χ0n) is 10.1. The van der Waals surface area contributed by atoms with Crippen molar-refractivity contribution in [3.63, 3.8) is 0 Å². The molecule has 3 aromatic rings. The lowest BCUT2D eigenvalue weighted by molar-refractivity contribution is 0.386.